The SMILES string of the molecule is CC1=C(C#N)C(=O)NC(=O)/C1=C\C1CCC(C2CCCCC2)O1. The summed E-state index contributed by atoms with van der Waals surface area (Å²) in [6.45, 7) is 1.65. The van der Waals surface area contributed by atoms with Gasteiger partial charge in [-0.3, -0.25) is 14.9 Å². The standard InChI is InChI=1S/C18H22N2O3/c1-11-14(17(21)20-18(22)15(11)10-19)9-13-7-8-16(23-13)12-5-3-2-4-6-12/h9,12-13,16H,2-8H2,1H3,(H,20,21,22)/b14-9-. The number of rotatable bonds is 2. The van der Waals surface area contributed by atoms with Crippen LogP contribution in [-0.4, -0.2) is 24.0 Å². The molecule has 0 aromatic rings. The number of carbonyl (C=O) groups is 2. The summed E-state index contributed by atoms with van der Waals surface area (Å²) in [6, 6.07) is 1.87. The molecule has 1 saturated carbocycles. The number of nitrogens with zero attached hydrogens (tertiary/aromatic N) is 1. The summed E-state index contributed by atoms with van der Waals surface area (Å²) in [6.07, 6.45) is 10.2. The van der Waals surface area contributed by atoms with Gasteiger partial charge in [-0.1, -0.05) is 19.3 Å². The van der Waals surface area contributed by atoms with Gasteiger partial charge in [0.1, 0.15) is 11.6 Å². The Morgan fingerprint density at radius 2 is 1.87 bits per heavy atom. The van der Waals surface area contributed by atoms with E-state index in [1.165, 1.54) is 32.1 Å². The topological polar surface area (TPSA) is 79.2 Å². The van der Waals surface area contributed by atoms with E-state index in [1.54, 1.807) is 13.0 Å². The highest BCUT2D eigenvalue weighted by atomic mass is 16.5. The highest BCUT2D eigenvalue weighted by Crippen LogP contribution is 2.35. The quantitative estimate of drug-likeness (QED) is 0.627. The molecule has 2 unspecified atom stereocenters. The summed E-state index contributed by atoms with van der Waals surface area (Å²) in [4.78, 5) is 23.7. The maximum atomic E-state index is 12.0. The number of hydrogen-bond donors (Lipinski definition) is 1. The van der Waals surface area contributed by atoms with Gasteiger partial charge in [-0.15, -0.1) is 0 Å². The molecule has 0 radical (unpaired) electrons. The van der Waals surface area contributed by atoms with Crippen molar-refractivity contribution in [2.45, 2.75) is 64.1 Å². The average Bonchev–Trinajstić information content (AvgIpc) is 3.01. The molecule has 5 nitrogen and oxygen atoms in total. The first-order valence-electron chi connectivity index (χ1n) is 8.44. The van der Waals surface area contributed by atoms with Gasteiger partial charge >= 0.3 is 0 Å². The largest absolute Gasteiger partial charge is 0.371 e. The normalized spacial score (nSPS) is 31.4. The fourth-order valence-corrected chi connectivity index (χ4v) is 3.89. The molecule has 2 atom stereocenters. The third kappa shape index (κ3) is 3.23. The fraction of sp³-hybridized carbons (Fsp3) is 0.611. The maximum Gasteiger partial charge on any atom is 0.269 e. The Kier molecular flexibility index (Phi) is 4.63. The van der Waals surface area contributed by atoms with Crippen molar-refractivity contribution in [1.29, 1.82) is 5.26 Å². The van der Waals surface area contributed by atoms with E-state index in [1.807, 2.05) is 6.07 Å². The fourth-order valence-electron chi connectivity index (χ4n) is 3.89. The summed E-state index contributed by atoms with van der Waals surface area (Å²) in [5, 5.41) is 11.3. The smallest absolute Gasteiger partial charge is 0.269 e. The van der Waals surface area contributed by atoms with Crippen molar-refractivity contribution in [3.8, 4) is 6.07 Å². The van der Waals surface area contributed by atoms with E-state index in [2.05, 4.69) is 5.32 Å². The number of ether oxygens (including phenoxy) is 1. The third-order valence-electron chi connectivity index (χ3n) is 5.20. The minimum absolute atomic E-state index is 0.0117. The molecule has 0 aromatic carbocycles. The lowest BCUT2D eigenvalue weighted by atomic mass is 9.84. The minimum atomic E-state index is -0.612. The summed E-state index contributed by atoms with van der Waals surface area (Å²) < 4.78 is 6.15. The molecule has 2 fully saturated rings. The first-order valence-corrected chi connectivity index (χ1v) is 8.44. The van der Waals surface area contributed by atoms with Crippen LogP contribution in [0.5, 0.6) is 0 Å². The van der Waals surface area contributed by atoms with E-state index in [0.29, 0.717) is 17.1 Å². The van der Waals surface area contributed by atoms with E-state index < -0.39 is 11.8 Å². The van der Waals surface area contributed by atoms with Crippen molar-refractivity contribution in [3.05, 3.63) is 22.8 Å². The first kappa shape index (κ1) is 15.9. The Balaban J connectivity index is 1.74. The highest BCUT2D eigenvalue weighted by Gasteiger charge is 2.33. The van der Waals surface area contributed by atoms with Crippen LogP contribution in [0.15, 0.2) is 22.8 Å². The van der Waals surface area contributed by atoms with Gasteiger partial charge in [0.05, 0.1) is 12.2 Å². The monoisotopic (exact) mass is 314 g/mol. The van der Waals surface area contributed by atoms with Crippen molar-refractivity contribution >= 4 is 11.8 Å². The van der Waals surface area contributed by atoms with Crippen LogP contribution in [0.4, 0.5) is 0 Å². The predicted molar refractivity (Wildman–Crippen MR) is 84.0 cm³/mol. The van der Waals surface area contributed by atoms with Gasteiger partial charge in [0.2, 0.25) is 0 Å². The zero-order valence-corrected chi connectivity index (χ0v) is 13.4. The van der Waals surface area contributed by atoms with Crippen LogP contribution in [0, 0.1) is 17.2 Å². The highest BCUT2D eigenvalue weighted by molar-refractivity contribution is 6.18. The second-order valence-electron chi connectivity index (χ2n) is 6.66. The zero-order valence-electron chi connectivity index (χ0n) is 13.4. The van der Waals surface area contributed by atoms with E-state index in [0.717, 1.165) is 12.8 Å². The number of hydrogen-bond acceptors (Lipinski definition) is 4. The lowest BCUT2D eigenvalue weighted by molar-refractivity contribution is -0.126. The Morgan fingerprint density at radius 3 is 2.57 bits per heavy atom. The van der Waals surface area contributed by atoms with Gasteiger partial charge in [-0.05, 0) is 50.2 Å². The number of imide groups is 1. The molecule has 3 aliphatic rings. The van der Waals surface area contributed by atoms with Crippen molar-refractivity contribution in [2.24, 2.45) is 5.92 Å². The lowest BCUT2D eigenvalue weighted by Gasteiger charge is -2.27. The van der Waals surface area contributed by atoms with Crippen LogP contribution in [-0.2, 0) is 14.3 Å². The second kappa shape index (κ2) is 6.67. The van der Waals surface area contributed by atoms with Gasteiger partial charge in [0.25, 0.3) is 11.8 Å². The molecule has 1 N–H and O–H groups in total. The summed E-state index contributed by atoms with van der Waals surface area (Å²) >= 11 is 0. The van der Waals surface area contributed by atoms with Crippen LogP contribution in [0.1, 0.15) is 51.9 Å². The number of nitrogens with one attached hydrogen (secondary N) is 1. The van der Waals surface area contributed by atoms with E-state index in [9.17, 15) is 9.59 Å². The molecular formula is C18H22N2O3. The minimum Gasteiger partial charge on any atom is -0.371 e. The second-order valence-corrected chi connectivity index (χ2v) is 6.66. The van der Waals surface area contributed by atoms with E-state index in [-0.39, 0.29) is 17.8 Å². The predicted octanol–water partition coefficient (Wildman–Crippen LogP) is 2.54. The van der Waals surface area contributed by atoms with Gasteiger partial charge in [-0.2, -0.15) is 5.26 Å². The van der Waals surface area contributed by atoms with E-state index >= 15 is 0 Å². The van der Waals surface area contributed by atoms with Crippen LogP contribution in [0.3, 0.4) is 0 Å². The molecule has 0 bridgehead atoms. The molecular weight excluding hydrogens is 292 g/mol. The van der Waals surface area contributed by atoms with Crippen LogP contribution in [0.25, 0.3) is 0 Å². The molecule has 122 valence electrons. The Hall–Kier alpha value is -1.93. The van der Waals surface area contributed by atoms with Gasteiger partial charge < -0.3 is 4.74 Å². The van der Waals surface area contributed by atoms with Crippen molar-refractivity contribution in [3.63, 3.8) is 0 Å². The van der Waals surface area contributed by atoms with Crippen LogP contribution in [0.2, 0.25) is 0 Å². The molecule has 2 amide bonds. The van der Waals surface area contributed by atoms with Crippen LogP contribution >= 0.6 is 0 Å². The lowest BCUT2D eigenvalue weighted by Crippen LogP contribution is -2.38. The van der Waals surface area contributed by atoms with Crippen LogP contribution < -0.4 is 5.32 Å². The molecule has 1 saturated heterocycles. The molecule has 0 spiro atoms. The van der Waals surface area contributed by atoms with Gasteiger partial charge in [-0.25, -0.2) is 0 Å². The molecule has 1 aliphatic carbocycles. The van der Waals surface area contributed by atoms with E-state index in [4.69, 9.17) is 10.00 Å². The van der Waals surface area contributed by atoms with Gasteiger partial charge in [0, 0.05) is 5.57 Å². The Labute approximate surface area is 136 Å². The first-order chi connectivity index (χ1) is 11.1. The molecule has 2 heterocycles. The Morgan fingerprint density at radius 1 is 1.13 bits per heavy atom. The number of nitriles is 1. The van der Waals surface area contributed by atoms with Gasteiger partial charge in [0.15, 0.2) is 0 Å². The summed E-state index contributed by atoms with van der Waals surface area (Å²) in [7, 11) is 0. The number of carbonyl (C=O) groups excluding carboxylic acids is 2. The van der Waals surface area contributed by atoms with Crippen molar-refractivity contribution in [1.82, 2.24) is 5.32 Å². The zero-order chi connectivity index (χ0) is 16.4. The molecule has 0 aromatic heterocycles. The molecule has 3 rings (SSSR count). The molecule has 23 heavy (non-hydrogen) atoms. The Bertz CT molecular complexity index is 621. The van der Waals surface area contributed by atoms with Crippen molar-refractivity contribution in [2.75, 3.05) is 0 Å². The maximum absolute atomic E-state index is 12.0. The number of amides is 2. The molecule has 5 heteroatoms. The summed E-state index contributed by atoms with van der Waals surface area (Å²) in [5.41, 5.74) is 0.860. The average molecular weight is 314 g/mol. The summed E-state index contributed by atoms with van der Waals surface area (Å²) in [5.74, 6) is -0.406. The third-order valence-corrected chi connectivity index (χ3v) is 5.20. The van der Waals surface area contributed by atoms with Crippen molar-refractivity contribution < 1.29 is 14.3 Å². The molecule has 2 aliphatic heterocycles.